The number of hydrogen-bond donors (Lipinski definition) is 1. The van der Waals surface area contributed by atoms with Crippen LogP contribution in [0.1, 0.15) is 50.9 Å². The molecule has 2 unspecified atom stereocenters. The van der Waals surface area contributed by atoms with E-state index in [9.17, 15) is 0 Å². The first kappa shape index (κ1) is 16.9. The first-order chi connectivity index (χ1) is 10.1. The van der Waals surface area contributed by atoms with Gasteiger partial charge in [0.25, 0.3) is 0 Å². The fourth-order valence-corrected chi connectivity index (χ4v) is 5.12. The standard InChI is InChI=1S/C16H27N3S2/c1-5-6-17-14-10-13(9-11(2)3)18-16(19-14)15-12(4)20-7-8-21-15/h10-12,15H,5-9H2,1-4H3,(H,17,18,19). The normalized spacial score (nSPS) is 22.5. The van der Waals surface area contributed by atoms with Crippen molar-refractivity contribution in [2.24, 2.45) is 5.92 Å². The average Bonchev–Trinajstić information content (AvgIpc) is 2.44. The third-order valence-corrected chi connectivity index (χ3v) is 6.50. The molecule has 0 saturated carbocycles. The lowest BCUT2D eigenvalue weighted by Crippen LogP contribution is -2.19. The second kappa shape index (κ2) is 8.28. The Bertz CT molecular complexity index is 451. The number of aromatic nitrogens is 2. The SMILES string of the molecule is CCCNc1cc(CC(C)C)nc(C2SCCSC2C)n1. The lowest BCUT2D eigenvalue weighted by Gasteiger charge is -2.27. The third kappa shape index (κ3) is 5.06. The Morgan fingerprint density at radius 2 is 2.05 bits per heavy atom. The largest absolute Gasteiger partial charge is 0.370 e. The number of nitrogens with zero attached hydrogens (tertiary/aromatic N) is 2. The Morgan fingerprint density at radius 3 is 2.71 bits per heavy atom. The molecule has 1 aliphatic heterocycles. The van der Waals surface area contributed by atoms with E-state index in [2.05, 4.69) is 39.1 Å². The van der Waals surface area contributed by atoms with Crippen LogP contribution < -0.4 is 5.32 Å². The van der Waals surface area contributed by atoms with Crippen molar-refractivity contribution >= 4 is 29.3 Å². The molecule has 0 bridgehead atoms. The van der Waals surface area contributed by atoms with Crippen LogP contribution in [0.5, 0.6) is 0 Å². The predicted molar refractivity (Wildman–Crippen MR) is 96.5 cm³/mol. The van der Waals surface area contributed by atoms with Crippen LogP contribution in [0.25, 0.3) is 0 Å². The van der Waals surface area contributed by atoms with Gasteiger partial charge in [0.05, 0.1) is 5.25 Å². The number of rotatable bonds is 6. The highest BCUT2D eigenvalue weighted by molar-refractivity contribution is 8.06. The number of thioether (sulfide) groups is 2. The Hall–Kier alpha value is -0.420. The van der Waals surface area contributed by atoms with Gasteiger partial charge >= 0.3 is 0 Å². The molecule has 1 aromatic rings. The van der Waals surface area contributed by atoms with Crippen LogP contribution in [0.15, 0.2) is 6.07 Å². The molecule has 1 aliphatic rings. The van der Waals surface area contributed by atoms with Gasteiger partial charge < -0.3 is 5.32 Å². The van der Waals surface area contributed by atoms with Crippen molar-refractivity contribution < 1.29 is 0 Å². The molecule has 1 saturated heterocycles. The summed E-state index contributed by atoms with van der Waals surface area (Å²) >= 11 is 4.05. The monoisotopic (exact) mass is 325 g/mol. The van der Waals surface area contributed by atoms with Crippen LogP contribution in [0, 0.1) is 5.92 Å². The number of anilines is 1. The van der Waals surface area contributed by atoms with Crippen LogP contribution >= 0.6 is 23.5 Å². The minimum Gasteiger partial charge on any atom is -0.370 e. The van der Waals surface area contributed by atoms with Gasteiger partial charge in [-0.05, 0) is 18.8 Å². The van der Waals surface area contributed by atoms with E-state index < -0.39 is 0 Å². The van der Waals surface area contributed by atoms with E-state index in [1.54, 1.807) is 0 Å². The maximum absolute atomic E-state index is 4.87. The van der Waals surface area contributed by atoms with E-state index >= 15 is 0 Å². The molecular weight excluding hydrogens is 298 g/mol. The zero-order valence-electron chi connectivity index (χ0n) is 13.6. The van der Waals surface area contributed by atoms with Gasteiger partial charge in [-0.15, -0.1) is 11.8 Å². The Kier molecular flexibility index (Phi) is 6.68. The van der Waals surface area contributed by atoms with Gasteiger partial charge in [0.2, 0.25) is 0 Å². The second-order valence-electron chi connectivity index (χ2n) is 5.99. The van der Waals surface area contributed by atoms with Crippen molar-refractivity contribution in [3.63, 3.8) is 0 Å². The fourth-order valence-electron chi connectivity index (χ4n) is 2.43. The maximum Gasteiger partial charge on any atom is 0.145 e. The zero-order chi connectivity index (χ0) is 15.2. The van der Waals surface area contributed by atoms with Crippen molar-refractivity contribution in [1.29, 1.82) is 0 Å². The van der Waals surface area contributed by atoms with Crippen molar-refractivity contribution in [1.82, 2.24) is 9.97 Å². The van der Waals surface area contributed by atoms with Crippen molar-refractivity contribution in [3.8, 4) is 0 Å². The van der Waals surface area contributed by atoms with Crippen LogP contribution in [0.4, 0.5) is 5.82 Å². The Labute approximate surface area is 137 Å². The third-order valence-electron chi connectivity index (χ3n) is 3.41. The van der Waals surface area contributed by atoms with Crippen molar-refractivity contribution in [2.75, 3.05) is 23.4 Å². The molecular formula is C16H27N3S2. The summed E-state index contributed by atoms with van der Waals surface area (Å²) in [5.41, 5.74) is 1.18. The van der Waals surface area contributed by atoms with Gasteiger partial charge in [-0.3, -0.25) is 0 Å². The highest BCUT2D eigenvalue weighted by Gasteiger charge is 2.27. The Morgan fingerprint density at radius 1 is 1.29 bits per heavy atom. The summed E-state index contributed by atoms with van der Waals surface area (Å²) in [4.78, 5) is 9.67. The molecule has 3 nitrogen and oxygen atoms in total. The average molecular weight is 326 g/mol. The topological polar surface area (TPSA) is 37.8 Å². The summed E-state index contributed by atoms with van der Waals surface area (Å²) in [7, 11) is 0. The highest BCUT2D eigenvalue weighted by atomic mass is 32.2. The molecule has 0 amide bonds. The molecule has 1 fully saturated rings. The van der Waals surface area contributed by atoms with E-state index in [4.69, 9.17) is 9.97 Å². The second-order valence-corrected chi connectivity index (χ2v) is 8.73. The molecule has 0 aliphatic carbocycles. The molecule has 0 spiro atoms. The van der Waals surface area contributed by atoms with Crippen LogP contribution in [-0.2, 0) is 6.42 Å². The highest BCUT2D eigenvalue weighted by Crippen LogP contribution is 2.41. The Balaban J connectivity index is 2.24. The van der Waals surface area contributed by atoms with Crippen LogP contribution in [0.2, 0.25) is 0 Å². The minimum absolute atomic E-state index is 0.429. The van der Waals surface area contributed by atoms with Gasteiger partial charge in [-0.1, -0.05) is 27.7 Å². The molecule has 118 valence electrons. The molecule has 1 N–H and O–H groups in total. The van der Waals surface area contributed by atoms with Gasteiger partial charge in [0, 0.05) is 35.1 Å². The molecule has 2 atom stereocenters. The van der Waals surface area contributed by atoms with Gasteiger partial charge in [0.15, 0.2) is 0 Å². The lowest BCUT2D eigenvalue weighted by atomic mass is 10.1. The van der Waals surface area contributed by atoms with E-state index in [1.807, 2.05) is 23.5 Å². The van der Waals surface area contributed by atoms with E-state index in [1.165, 1.54) is 17.2 Å². The van der Waals surface area contributed by atoms with E-state index in [0.717, 1.165) is 31.0 Å². The van der Waals surface area contributed by atoms with Crippen molar-refractivity contribution in [3.05, 3.63) is 17.6 Å². The predicted octanol–water partition coefficient (Wildman–Crippen LogP) is 4.41. The van der Waals surface area contributed by atoms with Crippen LogP contribution in [0.3, 0.4) is 0 Å². The smallest absolute Gasteiger partial charge is 0.145 e. The fraction of sp³-hybridized carbons (Fsp3) is 0.750. The zero-order valence-corrected chi connectivity index (χ0v) is 15.2. The molecule has 5 heteroatoms. The maximum atomic E-state index is 4.87. The number of hydrogen-bond acceptors (Lipinski definition) is 5. The minimum atomic E-state index is 0.429. The molecule has 0 radical (unpaired) electrons. The lowest BCUT2D eigenvalue weighted by molar-refractivity contribution is 0.629. The summed E-state index contributed by atoms with van der Waals surface area (Å²) in [6.45, 7) is 9.95. The summed E-state index contributed by atoms with van der Waals surface area (Å²) in [5.74, 6) is 5.10. The molecule has 2 rings (SSSR count). The quantitative estimate of drug-likeness (QED) is 0.839. The van der Waals surface area contributed by atoms with E-state index in [-0.39, 0.29) is 0 Å². The van der Waals surface area contributed by atoms with Gasteiger partial charge in [-0.25, -0.2) is 9.97 Å². The number of nitrogens with one attached hydrogen (secondary N) is 1. The molecule has 21 heavy (non-hydrogen) atoms. The molecule has 0 aromatic carbocycles. The summed E-state index contributed by atoms with van der Waals surface area (Å²) in [6, 6.07) is 2.13. The molecule has 2 heterocycles. The van der Waals surface area contributed by atoms with Gasteiger partial charge in [-0.2, -0.15) is 11.8 Å². The van der Waals surface area contributed by atoms with Crippen molar-refractivity contribution in [2.45, 2.75) is 51.0 Å². The first-order valence-corrected chi connectivity index (χ1v) is 10.0. The molecule has 1 aromatic heterocycles. The van der Waals surface area contributed by atoms with Crippen LogP contribution in [-0.4, -0.2) is 33.3 Å². The van der Waals surface area contributed by atoms with E-state index in [0.29, 0.717) is 16.4 Å². The summed E-state index contributed by atoms with van der Waals surface area (Å²) in [6.07, 6.45) is 2.14. The summed E-state index contributed by atoms with van der Waals surface area (Å²) in [5, 5.41) is 4.46. The first-order valence-electron chi connectivity index (χ1n) is 7.95. The summed E-state index contributed by atoms with van der Waals surface area (Å²) < 4.78 is 0. The van der Waals surface area contributed by atoms with Gasteiger partial charge in [0.1, 0.15) is 11.6 Å².